The van der Waals surface area contributed by atoms with Gasteiger partial charge in [0, 0.05) is 13.0 Å². The number of aromatic nitrogens is 1. The smallest absolute Gasteiger partial charge is 0.198 e. The average Bonchev–Trinajstić information content (AvgIpc) is 3.10. The fraction of sp³-hybridized carbons (Fsp3) is 0.423. The Morgan fingerprint density at radius 2 is 1.63 bits per heavy atom. The van der Waals surface area contributed by atoms with E-state index in [0.717, 1.165) is 0 Å². The molecule has 0 spiro atoms. The quantitative estimate of drug-likeness (QED) is 0.479. The van der Waals surface area contributed by atoms with Crippen LogP contribution in [0.25, 0.3) is 22.0 Å². The van der Waals surface area contributed by atoms with Crippen molar-refractivity contribution in [1.29, 1.82) is 0 Å². The summed E-state index contributed by atoms with van der Waals surface area (Å²) in [5.41, 5.74) is 10.1. The summed E-state index contributed by atoms with van der Waals surface area (Å²) in [5.74, 6) is 0.661. The molecular formula is C26H32N+. The van der Waals surface area contributed by atoms with Gasteiger partial charge in [-0.25, -0.2) is 0 Å². The fourth-order valence-corrected chi connectivity index (χ4v) is 4.94. The van der Waals surface area contributed by atoms with E-state index in [2.05, 4.69) is 75.7 Å². The van der Waals surface area contributed by atoms with E-state index >= 15 is 0 Å². The van der Waals surface area contributed by atoms with Gasteiger partial charge in [0.05, 0.1) is 10.9 Å². The number of pyridine rings is 1. The molecule has 1 heterocycles. The molecule has 27 heavy (non-hydrogen) atoms. The third-order valence-corrected chi connectivity index (χ3v) is 6.71. The highest BCUT2D eigenvalue weighted by Gasteiger charge is 2.23. The van der Waals surface area contributed by atoms with Crippen LogP contribution in [-0.2, 0) is 19.9 Å². The molecule has 0 fully saturated rings. The van der Waals surface area contributed by atoms with Gasteiger partial charge in [-0.15, -0.1) is 0 Å². The van der Waals surface area contributed by atoms with Crippen LogP contribution in [-0.4, -0.2) is 0 Å². The molecule has 4 rings (SSSR count). The zero-order valence-corrected chi connectivity index (χ0v) is 17.5. The summed E-state index contributed by atoms with van der Waals surface area (Å²) < 4.78 is 2.38. The van der Waals surface area contributed by atoms with E-state index in [4.69, 9.17) is 0 Å². The summed E-state index contributed by atoms with van der Waals surface area (Å²) in [5, 5.41) is 2.75. The second-order valence-electron chi connectivity index (χ2n) is 8.34. The Morgan fingerprint density at radius 1 is 0.926 bits per heavy atom. The van der Waals surface area contributed by atoms with Gasteiger partial charge in [0.15, 0.2) is 5.69 Å². The minimum absolute atomic E-state index is 0.661. The van der Waals surface area contributed by atoms with Gasteiger partial charge >= 0.3 is 0 Å². The Bertz CT molecular complexity index is 1010. The van der Waals surface area contributed by atoms with Crippen LogP contribution in [0.4, 0.5) is 0 Å². The first-order valence-electron chi connectivity index (χ1n) is 10.6. The lowest BCUT2D eigenvalue weighted by Crippen LogP contribution is -2.35. The molecule has 0 bridgehead atoms. The molecule has 0 radical (unpaired) electrons. The number of nitrogens with zero attached hydrogens (tertiary/aromatic N) is 1. The minimum Gasteiger partial charge on any atom is -0.198 e. The summed E-state index contributed by atoms with van der Waals surface area (Å²) in [4.78, 5) is 0. The highest BCUT2D eigenvalue weighted by Crippen LogP contribution is 2.35. The molecule has 2 aromatic carbocycles. The van der Waals surface area contributed by atoms with Gasteiger partial charge in [-0.3, -0.25) is 0 Å². The van der Waals surface area contributed by atoms with Crippen LogP contribution in [0.1, 0.15) is 67.0 Å². The van der Waals surface area contributed by atoms with Crippen molar-refractivity contribution >= 4 is 10.8 Å². The number of aryl methyl sites for hydroxylation is 4. The van der Waals surface area contributed by atoms with Crippen molar-refractivity contribution < 1.29 is 4.57 Å². The second kappa shape index (κ2) is 7.11. The topological polar surface area (TPSA) is 3.88 Å². The Hall–Kier alpha value is -2.15. The van der Waals surface area contributed by atoms with Crippen molar-refractivity contribution in [2.45, 2.75) is 65.7 Å². The normalized spacial score (nSPS) is 13.6. The summed E-state index contributed by atoms with van der Waals surface area (Å²) >= 11 is 0. The summed E-state index contributed by atoms with van der Waals surface area (Å²) in [7, 11) is 2.21. The molecule has 0 saturated carbocycles. The maximum atomic E-state index is 2.47. The molecule has 1 aliphatic rings. The first-order chi connectivity index (χ1) is 13.0. The van der Waals surface area contributed by atoms with Crippen molar-refractivity contribution in [3.8, 4) is 11.3 Å². The van der Waals surface area contributed by atoms with Gasteiger partial charge in [0.1, 0.15) is 7.05 Å². The predicted molar refractivity (Wildman–Crippen MR) is 115 cm³/mol. The molecule has 1 heteroatoms. The van der Waals surface area contributed by atoms with E-state index in [-0.39, 0.29) is 0 Å². The SMILES string of the molecule is CCC(CC)c1ccc2c(-c3cc4c(cc3C)CCC4)[n+](C)c(C)cc2c1. The second-order valence-corrected chi connectivity index (χ2v) is 8.34. The summed E-state index contributed by atoms with van der Waals surface area (Å²) in [6.45, 7) is 9.11. The van der Waals surface area contributed by atoms with Gasteiger partial charge in [0.25, 0.3) is 0 Å². The molecular weight excluding hydrogens is 326 g/mol. The third kappa shape index (κ3) is 3.08. The van der Waals surface area contributed by atoms with E-state index < -0.39 is 0 Å². The Labute approximate surface area is 164 Å². The van der Waals surface area contributed by atoms with E-state index in [1.54, 1.807) is 11.1 Å². The van der Waals surface area contributed by atoms with Crippen molar-refractivity contribution in [1.82, 2.24) is 0 Å². The van der Waals surface area contributed by atoms with Crippen molar-refractivity contribution in [3.63, 3.8) is 0 Å². The molecule has 1 nitrogen and oxygen atoms in total. The van der Waals surface area contributed by atoms with Crippen LogP contribution in [0.15, 0.2) is 36.4 Å². The van der Waals surface area contributed by atoms with Gasteiger partial charge in [-0.2, -0.15) is 4.57 Å². The van der Waals surface area contributed by atoms with E-state index in [1.807, 2.05) is 0 Å². The van der Waals surface area contributed by atoms with E-state index in [9.17, 15) is 0 Å². The summed E-state index contributed by atoms with van der Waals surface area (Å²) in [6, 6.07) is 14.4. The van der Waals surface area contributed by atoms with E-state index in [1.165, 1.54) is 71.0 Å². The van der Waals surface area contributed by atoms with Crippen LogP contribution in [0.5, 0.6) is 0 Å². The van der Waals surface area contributed by atoms with Crippen LogP contribution < -0.4 is 4.57 Å². The van der Waals surface area contributed by atoms with Crippen molar-refractivity contribution in [2.24, 2.45) is 7.05 Å². The lowest BCUT2D eigenvalue weighted by Gasteiger charge is -2.16. The Balaban J connectivity index is 1.96. The third-order valence-electron chi connectivity index (χ3n) is 6.71. The van der Waals surface area contributed by atoms with Gasteiger partial charge < -0.3 is 0 Å². The van der Waals surface area contributed by atoms with Crippen LogP contribution in [0, 0.1) is 13.8 Å². The molecule has 1 aromatic heterocycles. The van der Waals surface area contributed by atoms with Crippen LogP contribution >= 0.6 is 0 Å². The molecule has 3 aromatic rings. The van der Waals surface area contributed by atoms with Gasteiger partial charge in [-0.1, -0.05) is 32.0 Å². The number of benzene rings is 2. The molecule has 0 aliphatic heterocycles. The van der Waals surface area contributed by atoms with E-state index in [0.29, 0.717) is 5.92 Å². The molecule has 1 aliphatic carbocycles. The van der Waals surface area contributed by atoms with Crippen molar-refractivity contribution in [2.75, 3.05) is 0 Å². The molecule has 0 saturated heterocycles. The molecule has 0 atom stereocenters. The van der Waals surface area contributed by atoms with Gasteiger partial charge in [-0.05, 0) is 84.7 Å². The highest BCUT2D eigenvalue weighted by molar-refractivity contribution is 5.94. The standard InChI is InChI=1S/C26H32N/c1-6-19(7-2)22-11-12-24-23(15-22)14-18(4)27(5)26(24)25-16-21-10-8-9-20(21)13-17(25)3/h11-16,19H,6-10H2,1-5H3/q+1. The average molecular weight is 359 g/mol. The Kier molecular flexibility index (Phi) is 4.80. The first-order valence-corrected chi connectivity index (χ1v) is 10.6. The molecule has 0 N–H and O–H groups in total. The summed E-state index contributed by atoms with van der Waals surface area (Å²) in [6.07, 6.45) is 6.19. The monoisotopic (exact) mass is 358 g/mol. The zero-order valence-electron chi connectivity index (χ0n) is 17.5. The molecule has 0 amide bonds. The Morgan fingerprint density at radius 3 is 2.33 bits per heavy atom. The maximum absolute atomic E-state index is 2.47. The largest absolute Gasteiger partial charge is 0.220 e. The lowest BCUT2D eigenvalue weighted by molar-refractivity contribution is -0.665. The predicted octanol–water partition coefficient (Wildman–Crippen LogP) is 6.34. The number of rotatable bonds is 4. The first kappa shape index (κ1) is 18.2. The molecule has 0 unspecified atom stereocenters. The lowest BCUT2D eigenvalue weighted by atomic mass is 9.90. The fourth-order valence-electron chi connectivity index (χ4n) is 4.94. The zero-order chi connectivity index (χ0) is 19.1. The van der Waals surface area contributed by atoms with Crippen LogP contribution in [0.3, 0.4) is 0 Å². The van der Waals surface area contributed by atoms with Crippen molar-refractivity contribution in [3.05, 3.63) is 64.3 Å². The number of hydrogen-bond acceptors (Lipinski definition) is 0. The number of hydrogen-bond donors (Lipinski definition) is 0. The minimum atomic E-state index is 0.661. The van der Waals surface area contributed by atoms with Crippen LogP contribution in [0.2, 0.25) is 0 Å². The van der Waals surface area contributed by atoms with Gasteiger partial charge in [0.2, 0.25) is 5.69 Å². The maximum Gasteiger partial charge on any atom is 0.220 e. The number of fused-ring (bicyclic) bond motifs is 2. The highest BCUT2D eigenvalue weighted by atomic mass is 14.9. The molecule has 140 valence electrons.